The molecule has 128 valence electrons. The number of nitrogens with zero attached hydrogens (tertiary/aromatic N) is 4. The predicted molar refractivity (Wildman–Crippen MR) is 95.9 cm³/mol. The maximum Gasteiger partial charge on any atom is 0.242 e. The number of carbonyl (C=O) groups is 1. The maximum absolute atomic E-state index is 12.6. The lowest BCUT2D eigenvalue weighted by molar-refractivity contribution is -0.883. The van der Waals surface area contributed by atoms with Crippen LogP contribution in [0.1, 0.15) is 16.9 Å². The highest BCUT2D eigenvalue weighted by Crippen LogP contribution is 2.39. The van der Waals surface area contributed by atoms with Crippen LogP contribution in [0, 0.1) is 0 Å². The quantitative estimate of drug-likeness (QED) is 0.848. The molecule has 0 aromatic carbocycles. The number of aromatic nitrogens is 2. The molecule has 2 aromatic rings. The SMILES string of the molecule is CN(CC(=O)N1CC[NH+](C)CC1)c1ncnc2sc3c(c12)CCC3. The highest BCUT2D eigenvalue weighted by Gasteiger charge is 2.25. The van der Waals surface area contributed by atoms with Crippen LogP contribution in [0.4, 0.5) is 5.82 Å². The summed E-state index contributed by atoms with van der Waals surface area (Å²) in [5, 5.41) is 1.17. The fourth-order valence-corrected chi connectivity index (χ4v) is 4.94. The van der Waals surface area contributed by atoms with Gasteiger partial charge < -0.3 is 14.7 Å². The number of carbonyl (C=O) groups excluding carboxylic acids is 1. The van der Waals surface area contributed by atoms with Crippen LogP contribution in [-0.2, 0) is 17.6 Å². The van der Waals surface area contributed by atoms with Gasteiger partial charge in [-0.15, -0.1) is 11.3 Å². The normalized spacial score (nSPS) is 18.2. The number of nitrogens with one attached hydrogen (secondary N) is 1. The minimum Gasteiger partial charge on any atom is -0.350 e. The summed E-state index contributed by atoms with van der Waals surface area (Å²) in [7, 11) is 4.16. The van der Waals surface area contributed by atoms with Gasteiger partial charge in [-0.1, -0.05) is 0 Å². The number of amides is 1. The Morgan fingerprint density at radius 2 is 2.12 bits per heavy atom. The van der Waals surface area contributed by atoms with E-state index in [0.29, 0.717) is 6.54 Å². The average molecular weight is 346 g/mol. The van der Waals surface area contributed by atoms with Crippen molar-refractivity contribution in [2.75, 3.05) is 51.7 Å². The zero-order chi connectivity index (χ0) is 16.7. The molecule has 1 N–H and O–H groups in total. The van der Waals surface area contributed by atoms with Crippen LogP contribution in [-0.4, -0.2) is 67.6 Å². The molecule has 7 heteroatoms. The van der Waals surface area contributed by atoms with E-state index in [4.69, 9.17) is 0 Å². The van der Waals surface area contributed by atoms with Gasteiger partial charge in [-0.2, -0.15) is 0 Å². The molecular formula is C17H24N5OS+. The fraction of sp³-hybridized carbons (Fsp3) is 0.588. The van der Waals surface area contributed by atoms with E-state index in [9.17, 15) is 4.79 Å². The van der Waals surface area contributed by atoms with Gasteiger partial charge in [0.05, 0.1) is 45.2 Å². The van der Waals surface area contributed by atoms with Crippen molar-refractivity contribution >= 4 is 33.3 Å². The van der Waals surface area contributed by atoms with Gasteiger partial charge in [-0.05, 0) is 24.8 Å². The smallest absolute Gasteiger partial charge is 0.242 e. The number of likely N-dealkylation sites (N-methyl/N-ethyl adjacent to an activating group) is 2. The number of hydrogen-bond acceptors (Lipinski definition) is 5. The molecule has 3 heterocycles. The van der Waals surface area contributed by atoms with Crippen molar-refractivity contribution in [2.45, 2.75) is 19.3 Å². The molecule has 1 saturated heterocycles. The van der Waals surface area contributed by atoms with E-state index in [1.54, 1.807) is 17.7 Å². The first-order chi connectivity index (χ1) is 11.6. The molecule has 0 atom stereocenters. The van der Waals surface area contributed by atoms with Gasteiger partial charge in [0.15, 0.2) is 0 Å². The van der Waals surface area contributed by atoms with Crippen molar-refractivity contribution in [3.05, 3.63) is 16.8 Å². The van der Waals surface area contributed by atoms with Gasteiger partial charge in [-0.25, -0.2) is 9.97 Å². The summed E-state index contributed by atoms with van der Waals surface area (Å²) >= 11 is 1.79. The second-order valence-corrected chi connectivity index (χ2v) is 8.01. The molecule has 4 rings (SSSR count). The molecule has 1 amide bonds. The summed E-state index contributed by atoms with van der Waals surface area (Å²) in [6.45, 7) is 4.16. The van der Waals surface area contributed by atoms with Crippen molar-refractivity contribution < 1.29 is 9.69 Å². The lowest BCUT2D eigenvalue weighted by Gasteiger charge is -2.31. The van der Waals surface area contributed by atoms with Crippen LogP contribution < -0.4 is 9.80 Å². The van der Waals surface area contributed by atoms with E-state index in [0.717, 1.165) is 49.7 Å². The van der Waals surface area contributed by atoms with Crippen molar-refractivity contribution in [1.29, 1.82) is 0 Å². The largest absolute Gasteiger partial charge is 0.350 e. The Morgan fingerprint density at radius 3 is 2.92 bits per heavy atom. The standard InChI is InChI=1S/C17H23N5OS/c1-20-6-8-22(9-7-20)14(23)10-21(2)16-15-12-4-3-5-13(12)24-17(15)19-11-18-16/h11H,3-10H2,1-2H3/p+1. The molecule has 0 spiro atoms. The molecular weight excluding hydrogens is 322 g/mol. The second-order valence-electron chi connectivity index (χ2n) is 6.93. The third kappa shape index (κ3) is 2.75. The van der Waals surface area contributed by atoms with Crippen molar-refractivity contribution in [2.24, 2.45) is 0 Å². The molecule has 6 nitrogen and oxygen atoms in total. The number of aryl methyl sites for hydroxylation is 2. The number of hydrogen-bond donors (Lipinski definition) is 1. The third-order valence-corrected chi connectivity index (χ3v) is 6.38. The summed E-state index contributed by atoms with van der Waals surface area (Å²) in [6, 6.07) is 0. The zero-order valence-corrected chi connectivity index (χ0v) is 15.2. The van der Waals surface area contributed by atoms with E-state index < -0.39 is 0 Å². The average Bonchev–Trinajstić information content (AvgIpc) is 3.15. The molecule has 1 aliphatic heterocycles. The first kappa shape index (κ1) is 15.8. The van der Waals surface area contributed by atoms with Gasteiger partial charge >= 0.3 is 0 Å². The van der Waals surface area contributed by atoms with Crippen LogP contribution in [0.2, 0.25) is 0 Å². The van der Waals surface area contributed by atoms with Crippen molar-refractivity contribution in [3.63, 3.8) is 0 Å². The monoisotopic (exact) mass is 346 g/mol. The maximum atomic E-state index is 12.6. The Bertz CT molecular complexity index is 766. The molecule has 0 bridgehead atoms. The van der Waals surface area contributed by atoms with E-state index >= 15 is 0 Å². The Labute approximate surface area is 146 Å². The van der Waals surface area contributed by atoms with Gasteiger partial charge in [0, 0.05) is 11.9 Å². The Kier molecular flexibility index (Phi) is 4.14. The number of thiophene rings is 1. The molecule has 0 saturated carbocycles. The van der Waals surface area contributed by atoms with E-state index in [1.165, 1.54) is 27.1 Å². The second kappa shape index (κ2) is 6.29. The van der Waals surface area contributed by atoms with Gasteiger partial charge in [0.25, 0.3) is 0 Å². The van der Waals surface area contributed by atoms with Crippen LogP contribution in [0.25, 0.3) is 10.2 Å². The Balaban J connectivity index is 1.55. The lowest BCUT2D eigenvalue weighted by atomic mass is 10.2. The lowest BCUT2D eigenvalue weighted by Crippen LogP contribution is -3.12. The molecule has 0 unspecified atom stereocenters. The molecule has 1 fully saturated rings. The molecule has 0 radical (unpaired) electrons. The number of piperazine rings is 1. The van der Waals surface area contributed by atoms with Crippen LogP contribution in [0.5, 0.6) is 0 Å². The molecule has 1 aliphatic carbocycles. The van der Waals surface area contributed by atoms with E-state index in [1.807, 2.05) is 16.8 Å². The highest BCUT2D eigenvalue weighted by atomic mass is 32.1. The fourth-order valence-electron chi connectivity index (χ4n) is 3.72. The van der Waals surface area contributed by atoms with Gasteiger partial charge in [0.2, 0.25) is 5.91 Å². The van der Waals surface area contributed by atoms with Crippen LogP contribution in [0.3, 0.4) is 0 Å². The summed E-state index contributed by atoms with van der Waals surface area (Å²) in [4.78, 5) is 29.6. The summed E-state index contributed by atoms with van der Waals surface area (Å²) in [5.74, 6) is 1.11. The third-order valence-electron chi connectivity index (χ3n) is 5.19. The number of quaternary nitrogens is 1. The topological polar surface area (TPSA) is 53.8 Å². The minimum absolute atomic E-state index is 0.198. The van der Waals surface area contributed by atoms with Gasteiger partial charge in [0.1, 0.15) is 17.0 Å². The molecule has 2 aliphatic rings. The zero-order valence-electron chi connectivity index (χ0n) is 14.3. The highest BCUT2D eigenvalue weighted by molar-refractivity contribution is 7.19. The number of rotatable bonds is 3. The first-order valence-electron chi connectivity index (χ1n) is 8.69. The Hall–Kier alpha value is -1.73. The Morgan fingerprint density at radius 1 is 1.33 bits per heavy atom. The predicted octanol–water partition coefficient (Wildman–Crippen LogP) is -0.0269. The van der Waals surface area contributed by atoms with Crippen LogP contribution >= 0.6 is 11.3 Å². The number of anilines is 1. The van der Waals surface area contributed by atoms with Gasteiger partial charge in [-0.3, -0.25) is 4.79 Å². The van der Waals surface area contributed by atoms with E-state index in [-0.39, 0.29) is 5.91 Å². The van der Waals surface area contributed by atoms with Crippen molar-refractivity contribution in [1.82, 2.24) is 14.9 Å². The molecule has 2 aromatic heterocycles. The summed E-state index contributed by atoms with van der Waals surface area (Å²) in [5.41, 5.74) is 1.41. The van der Waals surface area contributed by atoms with Crippen LogP contribution in [0.15, 0.2) is 6.33 Å². The molecule has 24 heavy (non-hydrogen) atoms. The first-order valence-corrected chi connectivity index (χ1v) is 9.50. The van der Waals surface area contributed by atoms with Crippen molar-refractivity contribution in [3.8, 4) is 0 Å². The summed E-state index contributed by atoms with van der Waals surface area (Å²) < 4.78 is 0. The summed E-state index contributed by atoms with van der Waals surface area (Å²) in [6.07, 6.45) is 5.11. The number of fused-ring (bicyclic) bond motifs is 3. The minimum atomic E-state index is 0.198. The van der Waals surface area contributed by atoms with E-state index in [2.05, 4.69) is 17.0 Å².